The van der Waals surface area contributed by atoms with Crippen LogP contribution in [-0.4, -0.2) is 5.78 Å². The predicted octanol–water partition coefficient (Wildman–Crippen LogP) is 4.88. The average Bonchev–Trinajstić information content (AvgIpc) is 3.15. The first-order valence-electron chi connectivity index (χ1n) is 6.93. The minimum Gasteiger partial charge on any atom is -0.293 e. The molecule has 98 valence electrons. The molecule has 0 amide bonds. The van der Waals surface area contributed by atoms with E-state index in [1.807, 2.05) is 6.07 Å². The summed E-state index contributed by atoms with van der Waals surface area (Å²) in [6.07, 6.45) is 3.23. The second kappa shape index (κ2) is 4.93. The lowest BCUT2D eigenvalue weighted by Gasteiger charge is -2.05. The number of hydrogen-bond donors (Lipinski definition) is 0. The van der Waals surface area contributed by atoms with E-state index >= 15 is 0 Å². The number of rotatable bonds is 4. The van der Waals surface area contributed by atoms with Gasteiger partial charge in [-0.3, -0.25) is 4.79 Å². The summed E-state index contributed by atoms with van der Waals surface area (Å²) in [5.41, 5.74) is 3.97. The van der Waals surface area contributed by atoms with Crippen LogP contribution in [-0.2, 0) is 6.42 Å². The van der Waals surface area contributed by atoms with E-state index in [1.54, 1.807) is 11.3 Å². The fourth-order valence-electron chi connectivity index (χ4n) is 2.42. The second-order valence-corrected chi connectivity index (χ2v) is 6.38. The first kappa shape index (κ1) is 12.6. The van der Waals surface area contributed by atoms with E-state index in [4.69, 9.17) is 0 Å². The molecule has 1 fully saturated rings. The molecule has 1 aliphatic carbocycles. The molecule has 1 aromatic carbocycles. The lowest BCUT2D eigenvalue weighted by Crippen LogP contribution is -1.96. The molecule has 0 spiro atoms. The lowest BCUT2D eigenvalue weighted by molar-refractivity contribution is 0.0971. The molecule has 0 unspecified atom stereocenters. The van der Waals surface area contributed by atoms with Gasteiger partial charge < -0.3 is 0 Å². The van der Waals surface area contributed by atoms with Gasteiger partial charge in [0.05, 0.1) is 4.88 Å². The number of aryl methyl sites for hydroxylation is 2. The molecule has 3 rings (SSSR count). The van der Waals surface area contributed by atoms with Crippen LogP contribution in [0.15, 0.2) is 30.3 Å². The van der Waals surface area contributed by atoms with Crippen LogP contribution in [0.3, 0.4) is 0 Å². The highest BCUT2D eigenvalue weighted by atomic mass is 32.1. The van der Waals surface area contributed by atoms with Gasteiger partial charge in [-0.2, -0.15) is 0 Å². The third-order valence-electron chi connectivity index (χ3n) is 3.81. The quantitative estimate of drug-likeness (QED) is 0.724. The third-order valence-corrected chi connectivity index (χ3v) is 4.95. The van der Waals surface area contributed by atoms with Gasteiger partial charge >= 0.3 is 0 Å². The zero-order valence-electron chi connectivity index (χ0n) is 11.4. The van der Waals surface area contributed by atoms with Crippen molar-refractivity contribution in [2.75, 3.05) is 0 Å². The number of carbonyl (C=O) groups is 1. The standard InChI is InChI=1S/C17H18OS/c1-3-12-4-7-14(10-11(12)2)15-8-9-16(19-15)17(18)13-5-6-13/h4,7-10,13H,3,5-6H2,1-2H3. The summed E-state index contributed by atoms with van der Waals surface area (Å²) in [5, 5.41) is 0. The maximum Gasteiger partial charge on any atom is 0.175 e. The fourth-order valence-corrected chi connectivity index (χ4v) is 3.44. The smallest absolute Gasteiger partial charge is 0.175 e. The number of hydrogen-bond acceptors (Lipinski definition) is 2. The maximum absolute atomic E-state index is 12.0. The molecule has 19 heavy (non-hydrogen) atoms. The van der Waals surface area contributed by atoms with E-state index in [0.29, 0.717) is 11.7 Å². The number of thiophene rings is 1. The molecule has 0 radical (unpaired) electrons. The Labute approximate surface area is 118 Å². The highest BCUT2D eigenvalue weighted by Crippen LogP contribution is 2.37. The molecule has 1 saturated carbocycles. The fraction of sp³-hybridized carbons (Fsp3) is 0.353. The van der Waals surface area contributed by atoms with Crippen molar-refractivity contribution in [2.24, 2.45) is 5.92 Å². The Hall–Kier alpha value is -1.41. The first-order chi connectivity index (χ1) is 9.19. The Kier molecular flexibility index (Phi) is 3.28. The van der Waals surface area contributed by atoms with E-state index in [2.05, 4.69) is 38.1 Å². The van der Waals surface area contributed by atoms with Crippen LogP contribution in [0.2, 0.25) is 0 Å². The number of benzene rings is 1. The van der Waals surface area contributed by atoms with Crippen molar-refractivity contribution < 1.29 is 4.79 Å². The summed E-state index contributed by atoms with van der Waals surface area (Å²) in [6, 6.07) is 10.7. The van der Waals surface area contributed by atoms with Crippen LogP contribution in [0, 0.1) is 12.8 Å². The van der Waals surface area contributed by atoms with E-state index in [-0.39, 0.29) is 0 Å². The van der Waals surface area contributed by atoms with Crippen molar-refractivity contribution in [2.45, 2.75) is 33.1 Å². The summed E-state index contributed by atoms with van der Waals surface area (Å²) in [5.74, 6) is 0.661. The molecule has 2 aromatic rings. The summed E-state index contributed by atoms with van der Waals surface area (Å²) in [7, 11) is 0. The Morgan fingerprint density at radius 3 is 2.68 bits per heavy atom. The molecular formula is C17H18OS. The van der Waals surface area contributed by atoms with Crippen LogP contribution in [0.5, 0.6) is 0 Å². The highest BCUT2D eigenvalue weighted by molar-refractivity contribution is 7.17. The molecule has 2 heteroatoms. The number of Topliss-reactive ketones (excluding diaryl/α,β-unsaturated/α-hetero) is 1. The zero-order chi connectivity index (χ0) is 13.4. The third kappa shape index (κ3) is 2.50. The van der Waals surface area contributed by atoms with Gasteiger partial charge in [0.1, 0.15) is 0 Å². The SMILES string of the molecule is CCc1ccc(-c2ccc(C(=O)C3CC3)s2)cc1C. The molecule has 0 atom stereocenters. The number of ketones is 1. The van der Waals surface area contributed by atoms with Crippen molar-refractivity contribution in [1.29, 1.82) is 0 Å². The van der Waals surface area contributed by atoms with E-state index in [0.717, 1.165) is 24.1 Å². The van der Waals surface area contributed by atoms with Gasteiger partial charge in [0.15, 0.2) is 5.78 Å². The van der Waals surface area contributed by atoms with Crippen molar-refractivity contribution in [3.63, 3.8) is 0 Å². The van der Waals surface area contributed by atoms with E-state index < -0.39 is 0 Å². The van der Waals surface area contributed by atoms with Crippen LogP contribution >= 0.6 is 11.3 Å². The topological polar surface area (TPSA) is 17.1 Å². The predicted molar refractivity (Wildman–Crippen MR) is 80.9 cm³/mol. The Balaban J connectivity index is 1.89. The molecule has 0 N–H and O–H groups in total. The molecule has 0 saturated heterocycles. The molecule has 1 aliphatic rings. The summed E-state index contributed by atoms with van der Waals surface area (Å²) >= 11 is 1.64. The zero-order valence-corrected chi connectivity index (χ0v) is 12.2. The summed E-state index contributed by atoms with van der Waals surface area (Å²) in [6.45, 7) is 4.34. The largest absolute Gasteiger partial charge is 0.293 e. The summed E-state index contributed by atoms with van der Waals surface area (Å²) < 4.78 is 0. The van der Waals surface area contributed by atoms with Crippen molar-refractivity contribution in [3.8, 4) is 10.4 Å². The van der Waals surface area contributed by atoms with Crippen LogP contribution in [0.4, 0.5) is 0 Å². The maximum atomic E-state index is 12.0. The molecule has 0 bridgehead atoms. The minimum atomic E-state index is 0.315. The van der Waals surface area contributed by atoms with Gasteiger partial charge in [-0.1, -0.05) is 25.1 Å². The van der Waals surface area contributed by atoms with Crippen molar-refractivity contribution >= 4 is 17.1 Å². The van der Waals surface area contributed by atoms with Crippen LogP contribution < -0.4 is 0 Å². The Bertz CT molecular complexity index is 620. The van der Waals surface area contributed by atoms with Crippen LogP contribution in [0.1, 0.15) is 40.6 Å². The molecule has 0 aliphatic heterocycles. The van der Waals surface area contributed by atoms with Crippen molar-refractivity contribution in [1.82, 2.24) is 0 Å². The Morgan fingerprint density at radius 2 is 2.05 bits per heavy atom. The minimum absolute atomic E-state index is 0.315. The van der Waals surface area contributed by atoms with E-state index in [9.17, 15) is 4.79 Å². The van der Waals surface area contributed by atoms with Gasteiger partial charge in [0, 0.05) is 10.8 Å². The van der Waals surface area contributed by atoms with Gasteiger partial charge in [0.25, 0.3) is 0 Å². The average molecular weight is 270 g/mol. The molecule has 1 heterocycles. The van der Waals surface area contributed by atoms with Crippen molar-refractivity contribution in [3.05, 3.63) is 46.3 Å². The van der Waals surface area contributed by atoms with Gasteiger partial charge in [-0.15, -0.1) is 11.3 Å². The second-order valence-electron chi connectivity index (χ2n) is 5.30. The highest BCUT2D eigenvalue weighted by Gasteiger charge is 2.31. The normalized spacial score (nSPS) is 14.6. The monoisotopic (exact) mass is 270 g/mol. The molecular weight excluding hydrogens is 252 g/mol. The molecule has 1 nitrogen and oxygen atoms in total. The Morgan fingerprint density at radius 1 is 1.26 bits per heavy atom. The van der Waals surface area contributed by atoms with Gasteiger partial charge in [-0.25, -0.2) is 0 Å². The van der Waals surface area contributed by atoms with Crippen LogP contribution in [0.25, 0.3) is 10.4 Å². The first-order valence-corrected chi connectivity index (χ1v) is 7.74. The van der Waals surface area contributed by atoms with Gasteiger partial charge in [0.2, 0.25) is 0 Å². The van der Waals surface area contributed by atoms with E-state index in [1.165, 1.54) is 21.6 Å². The summed E-state index contributed by atoms with van der Waals surface area (Å²) in [4.78, 5) is 14.2. The number of carbonyl (C=O) groups excluding carboxylic acids is 1. The molecule has 1 aromatic heterocycles. The lowest BCUT2D eigenvalue weighted by atomic mass is 10.0. The van der Waals surface area contributed by atoms with Gasteiger partial charge in [-0.05, 0) is 55.0 Å².